The van der Waals surface area contributed by atoms with E-state index in [0.29, 0.717) is 0 Å². The molecule has 0 spiro atoms. The van der Waals surface area contributed by atoms with Crippen LogP contribution in [0.5, 0.6) is 0 Å². The second-order valence-corrected chi connectivity index (χ2v) is 4.04. The standard InChI is InChI=1S/C10H8N2.H2NO2P.H3O3P.Ru/c1-3-7-11-9(5-1)10-6-2-4-8-12-10;2*1-4(2)3;/h1-8H;1H2;4H,(H2,1,2,3);/q;-2;;+4/p-2. The normalized spacial score (nSPS) is 8.90. The number of hydrogen-bond acceptors (Lipinski definition) is 8. The van der Waals surface area contributed by atoms with Crippen LogP contribution in [0.3, 0.4) is 0 Å². The summed E-state index contributed by atoms with van der Waals surface area (Å²) in [5.41, 5.74) is 5.89. The van der Waals surface area contributed by atoms with Crippen LogP contribution < -0.4 is 25.1 Å². The third kappa shape index (κ3) is 15.6. The van der Waals surface area contributed by atoms with Crippen LogP contribution >= 0.6 is 16.8 Å². The van der Waals surface area contributed by atoms with E-state index in [4.69, 9.17) is 24.1 Å². The Hall–Kier alpha value is -0.617. The van der Waals surface area contributed by atoms with Gasteiger partial charge < -0.3 is 29.6 Å². The number of pyridine rings is 2. The zero-order valence-electron chi connectivity index (χ0n) is 10.4. The molecular formula is C10H11N3O5P2Ru. The summed E-state index contributed by atoms with van der Waals surface area (Å²) in [7, 11) is -6.25. The maximum absolute atomic E-state index is 8.81. The van der Waals surface area contributed by atoms with Crippen molar-refractivity contribution >= 4 is 16.8 Å². The summed E-state index contributed by atoms with van der Waals surface area (Å²) in [6.07, 6.45) is 3.54. The molecule has 0 aliphatic carbocycles. The van der Waals surface area contributed by atoms with Gasteiger partial charge in [-0.2, -0.15) is 0 Å². The third-order valence-electron chi connectivity index (χ3n) is 1.59. The summed E-state index contributed by atoms with van der Waals surface area (Å²) < 4.78 is 8.52. The molecule has 0 aromatic carbocycles. The Bertz CT molecular complexity index is 448. The van der Waals surface area contributed by atoms with Crippen LogP contribution in [0.2, 0.25) is 0 Å². The largest absolute Gasteiger partial charge is 4.00 e. The first-order valence-electron chi connectivity index (χ1n) is 5.03. The van der Waals surface area contributed by atoms with Gasteiger partial charge in [0.05, 0.1) is 11.4 Å². The third-order valence-corrected chi connectivity index (χ3v) is 1.59. The van der Waals surface area contributed by atoms with E-state index in [9.17, 15) is 0 Å². The molecule has 0 aliphatic rings. The molecule has 0 aliphatic heterocycles. The Morgan fingerprint density at radius 1 is 0.952 bits per heavy atom. The van der Waals surface area contributed by atoms with Crippen LogP contribution in [-0.4, -0.2) is 9.97 Å². The second-order valence-electron chi connectivity index (χ2n) is 2.97. The van der Waals surface area contributed by atoms with E-state index in [1.165, 1.54) is 0 Å². The summed E-state index contributed by atoms with van der Waals surface area (Å²) >= 11 is 0. The summed E-state index contributed by atoms with van der Waals surface area (Å²) in [5, 5.41) is 0. The number of hydrogen-bond donors (Lipinski definition) is 1. The Morgan fingerprint density at radius 2 is 1.24 bits per heavy atom. The van der Waals surface area contributed by atoms with Crippen LogP contribution in [0.25, 0.3) is 11.4 Å². The van der Waals surface area contributed by atoms with E-state index < -0.39 is 16.8 Å². The van der Waals surface area contributed by atoms with Crippen molar-refractivity contribution in [2.24, 2.45) is 5.50 Å². The van der Waals surface area contributed by atoms with Gasteiger partial charge in [-0.3, -0.25) is 9.97 Å². The van der Waals surface area contributed by atoms with Crippen molar-refractivity contribution in [2.75, 3.05) is 0 Å². The second kappa shape index (κ2) is 14.3. The average Bonchev–Trinajstić information content (AvgIpc) is 2.39. The fraction of sp³-hybridized carbons (Fsp3) is 0. The molecule has 0 atom stereocenters. The topological polar surface area (TPSA) is 161 Å². The van der Waals surface area contributed by atoms with Crippen LogP contribution in [0.1, 0.15) is 0 Å². The summed E-state index contributed by atoms with van der Waals surface area (Å²) in [5.74, 6) is 0. The predicted molar refractivity (Wildman–Crippen MR) is 67.6 cm³/mol. The molecular weight excluding hydrogens is 405 g/mol. The van der Waals surface area contributed by atoms with Crippen molar-refractivity contribution in [1.29, 1.82) is 0 Å². The molecule has 0 bridgehead atoms. The van der Waals surface area contributed by atoms with Crippen LogP contribution in [-0.2, 0) is 24.0 Å². The smallest absolute Gasteiger partial charge is 0.830 e. The van der Waals surface area contributed by atoms with E-state index in [0.717, 1.165) is 11.4 Å². The summed E-state index contributed by atoms with van der Waals surface area (Å²) in [4.78, 5) is 43.0. The molecule has 2 aromatic heterocycles. The van der Waals surface area contributed by atoms with Gasteiger partial charge >= 0.3 is 19.5 Å². The number of aromatic nitrogens is 2. The van der Waals surface area contributed by atoms with Crippen molar-refractivity contribution in [3.8, 4) is 11.4 Å². The minimum atomic E-state index is -3.63. The molecule has 0 amide bonds. The maximum atomic E-state index is 8.81. The fourth-order valence-corrected chi connectivity index (χ4v) is 1.03. The molecule has 2 heterocycles. The quantitative estimate of drug-likeness (QED) is 0.418. The van der Waals surface area contributed by atoms with Crippen molar-refractivity contribution in [1.82, 2.24) is 9.97 Å². The number of nitrogens with two attached hydrogens (primary N) is 1. The van der Waals surface area contributed by atoms with E-state index in [-0.39, 0.29) is 19.5 Å². The Balaban J connectivity index is 0. The minimum Gasteiger partial charge on any atom is -0.830 e. The van der Waals surface area contributed by atoms with Gasteiger partial charge in [0.25, 0.3) is 0 Å². The molecule has 0 radical (unpaired) electrons. The molecule has 0 saturated heterocycles. The molecule has 0 fully saturated rings. The van der Waals surface area contributed by atoms with Gasteiger partial charge in [0, 0.05) is 12.4 Å². The Kier molecular flexibility index (Phi) is 15.5. The molecule has 0 unspecified atom stereocenters. The first-order chi connectivity index (χ1) is 9.43. The molecule has 114 valence electrons. The van der Waals surface area contributed by atoms with Gasteiger partial charge in [-0.15, -0.1) is 0 Å². The number of nitrogens with zero attached hydrogens (tertiary/aromatic N) is 2. The van der Waals surface area contributed by atoms with Gasteiger partial charge in [0.1, 0.15) is 0 Å². The van der Waals surface area contributed by atoms with Gasteiger partial charge in [-0.1, -0.05) is 20.4 Å². The molecule has 8 nitrogen and oxygen atoms in total. The zero-order valence-corrected chi connectivity index (χ0v) is 14.1. The molecule has 11 heteroatoms. The monoisotopic (exact) mass is 417 g/mol. The predicted octanol–water partition coefficient (Wildman–Crippen LogP) is -1.87. The van der Waals surface area contributed by atoms with Crippen molar-refractivity contribution < 1.29 is 43.6 Å². The average molecular weight is 416 g/mol. The van der Waals surface area contributed by atoms with Gasteiger partial charge in [-0.25, -0.2) is 8.53 Å². The van der Waals surface area contributed by atoms with E-state index in [1.807, 2.05) is 36.4 Å². The van der Waals surface area contributed by atoms with Gasteiger partial charge in [0.2, 0.25) is 0 Å². The van der Waals surface area contributed by atoms with Crippen molar-refractivity contribution in [2.45, 2.75) is 0 Å². The number of rotatable bonds is 1. The Morgan fingerprint density at radius 3 is 1.43 bits per heavy atom. The van der Waals surface area contributed by atoms with Gasteiger partial charge in [0.15, 0.2) is 0 Å². The van der Waals surface area contributed by atoms with Crippen LogP contribution in [0, 0.1) is 0 Å². The van der Waals surface area contributed by atoms with Gasteiger partial charge in [-0.05, 0) is 24.3 Å². The molecule has 2 rings (SSSR count). The molecule has 2 aromatic rings. The maximum Gasteiger partial charge on any atom is 4.00 e. The van der Waals surface area contributed by atoms with E-state index >= 15 is 0 Å². The van der Waals surface area contributed by atoms with Crippen molar-refractivity contribution in [3.63, 3.8) is 0 Å². The van der Waals surface area contributed by atoms with E-state index in [2.05, 4.69) is 15.5 Å². The zero-order chi connectivity index (χ0) is 15.4. The Labute approximate surface area is 136 Å². The molecule has 21 heavy (non-hydrogen) atoms. The van der Waals surface area contributed by atoms with E-state index in [1.54, 1.807) is 12.4 Å². The molecule has 2 N–H and O–H groups in total. The first kappa shape index (κ1) is 22.7. The first-order valence-corrected chi connectivity index (χ1v) is 7.50. The summed E-state index contributed by atoms with van der Waals surface area (Å²) in [6, 6.07) is 11.6. The SMILES string of the molecule is NP([O-])[O-].O=[PH]([O-])[O-].[Ru+4].c1ccc(-c2ccccn2)nc1. The summed E-state index contributed by atoms with van der Waals surface area (Å²) in [6.45, 7) is 0. The van der Waals surface area contributed by atoms with Crippen molar-refractivity contribution in [3.05, 3.63) is 48.8 Å². The molecule has 0 saturated carbocycles. The van der Waals surface area contributed by atoms with Crippen LogP contribution in [0.15, 0.2) is 48.8 Å². The van der Waals surface area contributed by atoms with Crippen LogP contribution in [0.4, 0.5) is 0 Å². The minimum absolute atomic E-state index is 0. The fourth-order valence-electron chi connectivity index (χ4n) is 1.03.